The lowest BCUT2D eigenvalue weighted by Gasteiger charge is -2.73. The minimum atomic E-state index is -0.869. The zero-order valence-corrected chi connectivity index (χ0v) is 31.8. The molecule has 0 aromatic rings. The average molecular weight is 656 g/mol. The van der Waals surface area contributed by atoms with E-state index in [1.54, 1.807) is 7.11 Å². The second-order valence-corrected chi connectivity index (χ2v) is 19.5. The van der Waals surface area contributed by atoms with E-state index in [0.717, 1.165) is 31.2 Å². The number of carboxylic acids is 1. The molecule has 0 saturated heterocycles. The zero-order valence-electron chi connectivity index (χ0n) is 31.8. The van der Waals surface area contributed by atoms with Gasteiger partial charge in [0.1, 0.15) is 6.10 Å². The van der Waals surface area contributed by atoms with Crippen LogP contribution in [0.3, 0.4) is 0 Å². The number of carbonyl (C=O) groups is 2. The maximum absolute atomic E-state index is 13.2. The van der Waals surface area contributed by atoms with Crippen LogP contribution in [0.15, 0.2) is 12.2 Å². The molecule has 5 aliphatic carbocycles. The third-order valence-corrected chi connectivity index (χ3v) is 16.0. The van der Waals surface area contributed by atoms with Crippen molar-refractivity contribution in [3.8, 4) is 0 Å². The van der Waals surface area contributed by atoms with Crippen molar-refractivity contribution in [1.29, 1.82) is 0 Å². The van der Waals surface area contributed by atoms with Crippen molar-refractivity contribution in [2.75, 3.05) is 27.4 Å². The van der Waals surface area contributed by atoms with E-state index < -0.39 is 11.4 Å². The van der Waals surface area contributed by atoms with Crippen LogP contribution in [0.1, 0.15) is 139 Å². The Hall–Kier alpha value is -1.40. The number of allylic oxidation sites excluding steroid dienone is 1. The van der Waals surface area contributed by atoms with Gasteiger partial charge in [0, 0.05) is 19.1 Å². The van der Waals surface area contributed by atoms with Crippen LogP contribution in [-0.4, -0.2) is 55.5 Å². The number of esters is 1. The molecule has 1 N–H and O–H groups in total. The van der Waals surface area contributed by atoms with Crippen molar-refractivity contribution >= 4 is 11.9 Å². The Labute approximate surface area is 287 Å². The van der Waals surface area contributed by atoms with E-state index in [2.05, 4.69) is 60.1 Å². The fraction of sp³-hybridized carbons (Fsp3) is 0.902. The molecule has 6 heteroatoms. The van der Waals surface area contributed by atoms with E-state index in [1.165, 1.54) is 63.4 Å². The molecule has 0 bridgehead atoms. The van der Waals surface area contributed by atoms with Crippen molar-refractivity contribution in [1.82, 2.24) is 4.90 Å². The van der Waals surface area contributed by atoms with Crippen molar-refractivity contribution in [2.24, 2.45) is 62.1 Å². The molecule has 0 aliphatic heterocycles. The Kier molecular flexibility index (Phi) is 9.99. The summed E-state index contributed by atoms with van der Waals surface area (Å²) in [5, 5.41) is 9.32. The number of fused-ring (bicyclic) bond motifs is 7. The first-order valence-corrected chi connectivity index (χ1v) is 19.0. The standard InChI is InChI=1S/C41H69NO5/c1-27(2)28-14-19-41(22-23-42(10)26-46-11)21-20-39(8)29(35(28)41)12-13-31-38(7)17-16-32(37(5,6)30(38)15-18-40(31,39)9)47-34(45)25-36(3,4)24-33(43)44/h28-32,35H,1,12-26H2,2-11H3,(H,43,44)/t28-,29+,30?,31?,32-,35+,38-,39+,40+,41+/m0/s1. The summed E-state index contributed by atoms with van der Waals surface area (Å²) in [5.74, 6) is 2.18. The molecule has 0 spiro atoms. The predicted molar refractivity (Wildman–Crippen MR) is 189 cm³/mol. The van der Waals surface area contributed by atoms with Crippen LogP contribution in [0.4, 0.5) is 0 Å². The second-order valence-electron chi connectivity index (χ2n) is 19.5. The summed E-state index contributed by atoms with van der Waals surface area (Å²) < 4.78 is 11.8. The molecule has 5 fully saturated rings. The van der Waals surface area contributed by atoms with Gasteiger partial charge in [-0.15, -0.1) is 0 Å². The first-order chi connectivity index (χ1) is 21.8. The molecule has 5 rings (SSSR count). The number of nitrogens with zero attached hydrogens (tertiary/aromatic N) is 1. The van der Waals surface area contributed by atoms with Gasteiger partial charge in [0.25, 0.3) is 0 Å². The average Bonchev–Trinajstić information content (AvgIpc) is 3.33. The summed E-state index contributed by atoms with van der Waals surface area (Å²) in [4.78, 5) is 26.9. The smallest absolute Gasteiger partial charge is 0.306 e. The molecule has 10 atom stereocenters. The summed E-state index contributed by atoms with van der Waals surface area (Å²) in [6.45, 7) is 25.2. The molecular formula is C41H69NO5. The molecule has 0 amide bonds. The van der Waals surface area contributed by atoms with Crippen molar-refractivity contribution in [2.45, 2.75) is 145 Å². The SMILES string of the molecule is C=C(C)[C@@H]1CC[C@]2(CCN(C)COC)CC[C@]3(C)[C@H](CCC4[C@@]5(C)CC[C@H](OC(=O)CC(C)(C)CC(=O)O)C(C)(C)C5CC[C@]43C)[C@@H]12. The van der Waals surface area contributed by atoms with Gasteiger partial charge in [-0.3, -0.25) is 14.5 Å². The van der Waals surface area contributed by atoms with Crippen LogP contribution in [-0.2, 0) is 19.1 Å². The fourth-order valence-corrected chi connectivity index (χ4v) is 13.7. The van der Waals surface area contributed by atoms with E-state index in [4.69, 9.17) is 9.47 Å². The van der Waals surface area contributed by atoms with Crippen LogP contribution in [0.5, 0.6) is 0 Å². The Morgan fingerprint density at radius 2 is 1.60 bits per heavy atom. The Morgan fingerprint density at radius 3 is 2.23 bits per heavy atom. The second kappa shape index (κ2) is 12.7. The van der Waals surface area contributed by atoms with Gasteiger partial charge < -0.3 is 14.6 Å². The lowest BCUT2D eigenvalue weighted by atomic mass is 9.32. The summed E-state index contributed by atoms with van der Waals surface area (Å²) in [6, 6.07) is 0. The lowest BCUT2D eigenvalue weighted by Crippen LogP contribution is -2.66. The highest BCUT2D eigenvalue weighted by Crippen LogP contribution is 2.78. The summed E-state index contributed by atoms with van der Waals surface area (Å²) in [5.41, 5.74) is 1.93. The zero-order chi connectivity index (χ0) is 34.8. The highest BCUT2D eigenvalue weighted by Gasteiger charge is 2.71. The van der Waals surface area contributed by atoms with E-state index in [9.17, 15) is 14.7 Å². The molecule has 0 aromatic heterocycles. The molecular weight excluding hydrogens is 586 g/mol. The van der Waals surface area contributed by atoms with E-state index in [0.29, 0.717) is 40.7 Å². The predicted octanol–water partition coefficient (Wildman–Crippen LogP) is 9.37. The largest absolute Gasteiger partial charge is 0.481 e. The fourth-order valence-electron chi connectivity index (χ4n) is 13.7. The number of ether oxygens (including phenoxy) is 2. The maximum Gasteiger partial charge on any atom is 0.306 e. The van der Waals surface area contributed by atoms with Gasteiger partial charge in [-0.2, -0.15) is 0 Å². The first-order valence-electron chi connectivity index (χ1n) is 19.0. The van der Waals surface area contributed by atoms with Gasteiger partial charge in [-0.1, -0.05) is 60.6 Å². The van der Waals surface area contributed by atoms with Crippen molar-refractivity contribution in [3.63, 3.8) is 0 Å². The summed E-state index contributed by atoms with van der Waals surface area (Å²) in [7, 11) is 4.01. The van der Waals surface area contributed by atoms with E-state index in [1.807, 2.05) is 13.8 Å². The molecule has 0 aromatic carbocycles. The van der Waals surface area contributed by atoms with Crippen molar-refractivity contribution in [3.05, 3.63) is 12.2 Å². The van der Waals surface area contributed by atoms with Crippen LogP contribution >= 0.6 is 0 Å². The van der Waals surface area contributed by atoms with Crippen LogP contribution in [0, 0.1) is 62.1 Å². The van der Waals surface area contributed by atoms with Gasteiger partial charge in [-0.25, -0.2) is 0 Å². The Bertz CT molecular complexity index is 1210. The number of hydrogen-bond acceptors (Lipinski definition) is 5. The molecule has 268 valence electrons. The number of methoxy groups -OCH3 is 1. The van der Waals surface area contributed by atoms with Gasteiger partial charge in [0.05, 0.1) is 19.6 Å². The first kappa shape index (κ1) is 36.9. The lowest BCUT2D eigenvalue weighted by molar-refractivity contribution is -0.250. The van der Waals surface area contributed by atoms with Gasteiger partial charge in [-0.05, 0) is 141 Å². The molecule has 5 saturated carbocycles. The molecule has 2 unspecified atom stereocenters. The number of rotatable bonds is 11. The minimum Gasteiger partial charge on any atom is -0.481 e. The summed E-state index contributed by atoms with van der Waals surface area (Å²) in [6.07, 6.45) is 13.7. The van der Waals surface area contributed by atoms with Crippen LogP contribution in [0.2, 0.25) is 0 Å². The van der Waals surface area contributed by atoms with Crippen LogP contribution in [0.25, 0.3) is 0 Å². The molecule has 6 nitrogen and oxygen atoms in total. The normalized spacial score (nSPS) is 42.5. The van der Waals surface area contributed by atoms with Crippen LogP contribution < -0.4 is 0 Å². The van der Waals surface area contributed by atoms with Gasteiger partial charge in [0.2, 0.25) is 0 Å². The third kappa shape index (κ3) is 6.16. The Balaban J connectivity index is 1.38. The maximum atomic E-state index is 13.2. The minimum absolute atomic E-state index is 0.0309. The summed E-state index contributed by atoms with van der Waals surface area (Å²) >= 11 is 0. The highest BCUT2D eigenvalue weighted by molar-refractivity contribution is 5.73. The highest BCUT2D eigenvalue weighted by atomic mass is 16.5. The van der Waals surface area contributed by atoms with Gasteiger partial charge >= 0.3 is 11.9 Å². The number of aliphatic carboxylic acids is 1. The quantitative estimate of drug-likeness (QED) is 0.136. The topological polar surface area (TPSA) is 76.1 Å². The number of hydrogen-bond donors (Lipinski definition) is 1. The molecule has 5 aliphatic rings. The van der Waals surface area contributed by atoms with E-state index >= 15 is 0 Å². The molecule has 0 radical (unpaired) electrons. The third-order valence-electron chi connectivity index (χ3n) is 16.0. The monoisotopic (exact) mass is 656 g/mol. The number of carbonyl (C=O) groups excluding carboxylic acids is 1. The van der Waals surface area contributed by atoms with E-state index in [-0.39, 0.29) is 35.7 Å². The Morgan fingerprint density at radius 1 is 0.894 bits per heavy atom. The van der Waals surface area contributed by atoms with Crippen molar-refractivity contribution < 1.29 is 24.2 Å². The molecule has 47 heavy (non-hydrogen) atoms. The van der Waals surface area contributed by atoms with Gasteiger partial charge in [0.15, 0.2) is 0 Å². The molecule has 0 heterocycles. The number of carboxylic acid groups (broad SMARTS) is 1.